The number of rotatable bonds is 17. The summed E-state index contributed by atoms with van der Waals surface area (Å²) in [5.74, 6) is -4.17. The van der Waals surface area contributed by atoms with E-state index in [0.717, 1.165) is 48.5 Å². The molecule has 0 bridgehead atoms. The number of hydrogen-bond acceptors (Lipinski definition) is 14. The summed E-state index contributed by atoms with van der Waals surface area (Å²) in [6.45, 7) is 5.54. The molecule has 6 rings (SSSR count). The van der Waals surface area contributed by atoms with Crippen LogP contribution in [-0.2, 0) is 40.5 Å². The van der Waals surface area contributed by atoms with Crippen LogP contribution in [0.15, 0.2) is 141 Å². The molecule has 6 aromatic rings. The average molecular weight is 981 g/mol. The summed E-state index contributed by atoms with van der Waals surface area (Å²) in [5, 5.41) is 0. The van der Waals surface area contributed by atoms with Crippen molar-refractivity contribution in [3.63, 3.8) is 0 Å². The van der Waals surface area contributed by atoms with Crippen LogP contribution in [0.1, 0.15) is 80.0 Å². The topological polar surface area (TPSA) is 296 Å². The molecule has 0 aliphatic rings. The van der Waals surface area contributed by atoms with E-state index < -0.39 is 111 Å². The largest absolute Gasteiger partial charge is 0.494 e. The van der Waals surface area contributed by atoms with Gasteiger partial charge in [-0.05, 0) is 128 Å². The first-order chi connectivity index (χ1) is 30.8. The van der Waals surface area contributed by atoms with Crippen LogP contribution in [0.25, 0.3) is 0 Å². The van der Waals surface area contributed by atoms with E-state index in [4.69, 9.17) is 14.2 Å². The van der Waals surface area contributed by atoms with Crippen molar-refractivity contribution in [3.8, 4) is 28.7 Å². The summed E-state index contributed by atoms with van der Waals surface area (Å²) in [7, 11) is -20.5. The Labute approximate surface area is 378 Å². The fourth-order valence-electron chi connectivity index (χ4n) is 6.47. The van der Waals surface area contributed by atoms with Gasteiger partial charge in [0.1, 0.15) is 43.4 Å². The first-order valence-corrected chi connectivity index (χ1v) is 24.8. The second-order valence-corrected chi connectivity index (χ2v) is 20.0. The van der Waals surface area contributed by atoms with Crippen molar-refractivity contribution in [2.24, 2.45) is 0 Å². The Morgan fingerprint density at radius 2 is 0.727 bits per heavy atom. The summed E-state index contributed by atoms with van der Waals surface area (Å²) >= 11 is 0. The second-order valence-electron chi connectivity index (χ2n) is 14.5. The van der Waals surface area contributed by atoms with E-state index >= 15 is 0 Å². The van der Waals surface area contributed by atoms with Crippen LogP contribution in [-0.4, -0.2) is 75.8 Å². The summed E-state index contributed by atoms with van der Waals surface area (Å²) in [5.41, 5.74) is -0.860. The van der Waals surface area contributed by atoms with E-state index in [1.54, 1.807) is 38.1 Å². The van der Waals surface area contributed by atoms with Gasteiger partial charge >= 0.3 is 0 Å². The third-order valence-corrected chi connectivity index (χ3v) is 13.2. The van der Waals surface area contributed by atoms with Gasteiger partial charge in [0.2, 0.25) is 0 Å². The van der Waals surface area contributed by atoms with Crippen molar-refractivity contribution in [2.45, 2.75) is 46.3 Å². The molecule has 0 aliphatic heterocycles. The Morgan fingerprint density at radius 1 is 0.424 bits per heavy atom. The van der Waals surface area contributed by atoms with Crippen molar-refractivity contribution in [3.05, 3.63) is 160 Å². The SMILES string of the molecule is CCOc1ccc(C(=O)c2ccc(Oc3ccc(C(=O)c4ccc(Oc5ccc(C(=O)c6ccc(C(C)C)c(S(=O)(=O)O)c6)cc5S(=O)(=O)O)c(S(=O)(=O)O)c4)cc3S(=O)(=O)O)cc2)cc1. The van der Waals surface area contributed by atoms with Gasteiger partial charge in [-0.25, -0.2) is 0 Å². The van der Waals surface area contributed by atoms with Crippen molar-refractivity contribution in [1.29, 1.82) is 0 Å². The highest BCUT2D eigenvalue weighted by Gasteiger charge is 2.28. The van der Waals surface area contributed by atoms with E-state index in [-0.39, 0.29) is 28.2 Å². The van der Waals surface area contributed by atoms with Crippen LogP contribution in [0.2, 0.25) is 0 Å². The van der Waals surface area contributed by atoms with Gasteiger partial charge in [0.05, 0.1) is 11.5 Å². The fourth-order valence-corrected chi connectivity index (χ4v) is 9.27. The van der Waals surface area contributed by atoms with Crippen LogP contribution in [0, 0.1) is 0 Å². The minimum Gasteiger partial charge on any atom is -0.494 e. The van der Waals surface area contributed by atoms with Gasteiger partial charge in [-0.2, -0.15) is 33.7 Å². The summed E-state index contributed by atoms with van der Waals surface area (Å²) in [6, 6.07) is 23.1. The summed E-state index contributed by atoms with van der Waals surface area (Å²) < 4.78 is 156. The van der Waals surface area contributed by atoms with Gasteiger partial charge in [-0.1, -0.05) is 26.0 Å². The normalized spacial score (nSPS) is 12.1. The maximum Gasteiger partial charge on any atom is 0.298 e. The number of benzene rings is 6. The summed E-state index contributed by atoms with van der Waals surface area (Å²) in [6.07, 6.45) is 0. The molecule has 4 N–H and O–H groups in total. The molecule has 18 nitrogen and oxygen atoms in total. The molecule has 0 saturated heterocycles. The Kier molecular flexibility index (Phi) is 13.8. The van der Waals surface area contributed by atoms with Crippen LogP contribution in [0.4, 0.5) is 0 Å². The van der Waals surface area contributed by atoms with Gasteiger partial charge in [0.25, 0.3) is 40.5 Å². The molecule has 0 heterocycles. The molecule has 344 valence electrons. The van der Waals surface area contributed by atoms with E-state index in [9.17, 15) is 66.3 Å². The highest BCUT2D eigenvalue weighted by atomic mass is 32.2. The number of hydrogen-bond donors (Lipinski definition) is 4. The van der Waals surface area contributed by atoms with Gasteiger partial charge in [0, 0.05) is 33.4 Å². The number of carbonyl (C=O) groups excluding carboxylic acids is 3. The van der Waals surface area contributed by atoms with E-state index in [2.05, 4.69) is 0 Å². The van der Waals surface area contributed by atoms with Crippen molar-refractivity contribution in [1.82, 2.24) is 0 Å². The highest BCUT2D eigenvalue weighted by Crippen LogP contribution is 2.37. The van der Waals surface area contributed by atoms with Crippen molar-refractivity contribution >= 4 is 57.8 Å². The van der Waals surface area contributed by atoms with Crippen LogP contribution in [0.3, 0.4) is 0 Å². The Morgan fingerprint density at radius 3 is 1.08 bits per heavy atom. The van der Waals surface area contributed by atoms with E-state index in [1.807, 2.05) is 6.92 Å². The van der Waals surface area contributed by atoms with Gasteiger partial charge in [-0.3, -0.25) is 32.6 Å². The molecular formula is C44H36O18S4. The molecule has 0 saturated carbocycles. The first kappa shape index (κ1) is 48.8. The lowest BCUT2D eigenvalue weighted by Gasteiger charge is -2.15. The molecule has 0 unspecified atom stereocenters. The Balaban J connectivity index is 1.28. The summed E-state index contributed by atoms with van der Waals surface area (Å²) in [4.78, 5) is 36.4. The van der Waals surface area contributed by atoms with Gasteiger partial charge in [0.15, 0.2) is 17.3 Å². The first-order valence-electron chi connectivity index (χ1n) is 19.0. The minimum absolute atomic E-state index is 0.0275. The lowest BCUT2D eigenvalue weighted by Crippen LogP contribution is -2.10. The van der Waals surface area contributed by atoms with Gasteiger partial charge < -0.3 is 14.2 Å². The molecule has 0 atom stereocenters. The highest BCUT2D eigenvalue weighted by molar-refractivity contribution is 7.86. The predicted octanol–water partition coefficient (Wildman–Crippen LogP) is 7.47. The third-order valence-electron chi connectivity index (χ3n) is 9.62. The van der Waals surface area contributed by atoms with E-state index in [0.29, 0.717) is 30.1 Å². The van der Waals surface area contributed by atoms with E-state index in [1.165, 1.54) is 36.4 Å². The molecular weight excluding hydrogens is 945 g/mol. The van der Waals surface area contributed by atoms with Crippen LogP contribution < -0.4 is 14.2 Å². The standard InChI is InChI=1S/C44H36O18S4/c1-4-60-32-13-5-26(6-14-32)42(45)27-7-15-33(16-8-27)61-35-18-10-29(22-39(35)64(51,52)53)44(47)31-12-20-37(41(24-31)66(57,58)59)62-36-19-11-30(23-40(36)65(54,55)56)43(46)28-9-17-34(25(2)3)38(21-28)63(48,49)50/h5-25H,4H2,1-3H3,(H,48,49,50)(H,51,52,53)(H,54,55,56)(H,57,58,59). The van der Waals surface area contributed by atoms with Crippen LogP contribution in [0.5, 0.6) is 28.7 Å². The number of ether oxygens (including phenoxy) is 3. The smallest absolute Gasteiger partial charge is 0.298 e. The van der Waals surface area contributed by atoms with Crippen molar-refractivity contribution in [2.75, 3.05) is 6.61 Å². The Hall–Kier alpha value is -6.63. The predicted molar refractivity (Wildman–Crippen MR) is 234 cm³/mol. The van der Waals surface area contributed by atoms with Crippen molar-refractivity contribution < 1.29 is 80.5 Å². The van der Waals surface area contributed by atoms with Crippen LogP contribution >= 0.6 is 0 Å². The van der Waals surface area contributed by atoms with Gasteiger partial charge in [-0.15, -0.1) is 0 Å². The molecule has 66 heavy (non-hydrogen) atoms. The molecule has 0 radical (unpaired) electrons. The number of ketones is 3. The minimum atomic E-state index is -5.32. The maximum absolute atomic E-state index is 13.7. The lowest BCUT2D eigenvalue weighted by atomic mass is 9.98. The zero-order chi connectivity index (χ0) is 48.5. The Bertz CT molecular complexity index is 3380. The molecule has 0 aromatic heterocycles. The molecule has 0 fully saturated rings. The average Bonchev–Trinajstić information content (AvgIpc) is 3.25. The monoisotopic (exact) mass is 980 g/mol. The zero-order valence-corrected chi connectivity index (χ0v) is 37.7. The molecule has 6 aromatic carbocycles. The zero-order valence-electron chi connectivity index (χ0n) is 34.5. The maximum atomic E-state index is 13.7. The third kappa shape index (κ3) is 11.1. The second kappa shape index (κ2) is 18.7. The molecule has 0 aliphatic carbocycles. The molecule has 0 amide bonds. The number of carbonyl (C=O) groups is 3. The quantitative estimate of drug-likeness (QED) is 0.0509. The molecule has 0 spiro atoms. The fraction of sp³-hybridized carbons (Fsp3) is 0.114. The lowest BCUT2D eigenvalue weighted by molar-refractivity contribution is 0.103. The molecule has 22 heteroatoms.